The second-order valence-electron chi connectivity index (χ2n) is 7.03. The summed E-state index contributed by atoms with van der Waals surface area (Å²) in [6, 6.07) is 9.62. The highest BCUT2D eigenvalue weighted by molar-refractivity contribution is 9.10. The lowest BCUT2D eigenvalue weighted by molar-refractivity contribution is 0.167. The number of halogens is 1. The van der Waals surface area contributed by atoms with Crippen molar-refractivity contribution in [3.05, 3.63) is 28.7 Å². The molecule has 4 nitrogen and oxygen atoms in total. The van der Waals surface area contributed by atoms with Crippen molar-refractivity contribution >= 4 is 33.7 Å². The number of unbranched alkanes of at least 4 members (excludes halogenated alkanes) is 1. The monoisotopic (exact) mass is 440 g/mol. The quantitative estimate of drug-likeness (QED) is 0.272. The molecule has 0 bridgehead atoms. The molecule has 0 aromatic heterocycles. The van der Waals surface area contributed by atoms with Crippen LogP contribution >= 0.6 is 27.7 Å². The number of hydrogen-bond donors (Lipinski definition) is 2. The van der Waals surface area contributed by atoms with Crippen LogP contribution in [0.2, 0.25) is 0 Å². The lowest BCUT2D eigenvalue weighted by atomic mass is 10.0. The minimum absolute atomic E-state index is 0.544. The standard InChI is InChI=1S/C20H33BrN4S/c1-16(2)25-13-10-17(11-14-25)24-20(22-3)23-12-6-7-15-26-19-9-5-4-8-18(19)21/h4-5,8-9,16-17H,6-7,10-15H2,1-3H3,(H2,22,23,24). The Kier molecular flexibility index (Phi) is 9.86. The van der Waals surface area contributed by atoms with Crippen LogP contribution in [0.1, 0.15) is 39.5 Å². The van der Waals surface area contributed by atoms with Crippen molar-refractivity contribution in [2.24, 2.45) is 4.99 Å². The third-order valence-corrected chi connectivity index (χ3v) is 6.90. The molecule has 0 unspecified atom stereocenters. The first-order valence-corrected chi connectivity index (χ1v) is 11.5. The molecule has 6 heteroatoms. The van der Waals surface area contributed by atoms with Crippen molar-refractivity contribution in [2.45, 2.75) is 56.5 Å². The molecular formula is C20H33BrN4S. The minimum Gasteiger partial charge on any atom is -0.356 e. The predicted molar refractivity (Wildman–Crippen MR) is 118 cm³/mol. The second-order valence-corrected chi connectivity index (χ2v) is 9.02. The van der Waals surface area contributed by atoms with Gasteiger partial charge in [-0.2, -0.15) is 0 Å². The number of rotatable bonds is 8. The van der Waals surface area contributed by atoms with Crippen LogP contribution in [0, 0.1) is 0 Å². The number of nitrogens with zero attached hydrogens (tertiary/aromatic N) is 2. The summed E-state index contributed by atoms with van der Waals surface area (Å²) in [6.45, 7) is 7.89. The van der Waals surface area contributed by atoms with Gasteiger partial charge < -0.3 is 15.5 Å². The molecule has 0 saturated carbocycles. The van der Waals surface area contributed by atoms with Crippen LogP contribution in [0.15, 0.2) is 38.6 Å². The largest absolute Gasteiger partial charge is 0.356 e. The highest BCUT2D eigenvalue weighted by Gasteiger charge is 2.21. The van der Waals surface area contributed by atoms with Crippen LogP contribution < -0.4 is 10.6 Å². The van der Waals surface area contributed by atoms with Crippen LogP contribution in [-0.4, -0.2) is 55.4 Å². The summed E-state index contributed by atoms with van der Waals surface area (Å²) in [6.07, 6.45) is 4.75. The summed E-state index contributed by atoms with van der Waals surface area (Å²) < 4.78 is 1.19. The molecule has 1 aliphatic heterocycles. The van der Waals surface area contributed by atoms with Gasteiger partial charge in [0.05, 0.1) is 0 Å². The van der Waals surface area contributed by atoms with Gasteiger partial charge in [0, 0.05) is 48.1 Å². The van der Waals surface area contributed by atoms with Crippen molar-refractivity contribution in [1.82, 2.24) is 15.5 Å². The maximum Gasteiger partial charge on any atom is 0.191 e. The molecule has 1 aliphatic rings. The van der Waals surface area contributed by atoms with Crippen molar-refractivity contribution in [1.29, 1.82) is 0 Å². The smallest absolute Gasteiger partial charge is 0.191 e. The number of piperidine rings is 1. The molecule has 0 radical (unpaired) electrons. The van der Waals surface area contributed by atoms with Gasteiger partial charge in [0.1, 0.15) is 0 Å². The van der Waals surface area contributed by atoms with Crippen LogP contribution in [0.4, 0.5) is 0 Å². The number of aliphatic imine (C=N–C) groups is 1. The first-order valence-electron chi connectivity index (χ1n) is 9.68. The Balaban J connectivity index is 1.57. The van der Waals surface area contributed by atoms with Crippen LogP contribution in [0.5, 0.6) is 0 Å². The zero-order valence-electron chi connectivity index (χ0n) is 16.3. The summed E-state index contributed by atoms with van der Waals surface area (Å²) in [5, 5.41) is 7.06. The predicted octanol–water partition coefficient (Wildman–Crippen LogP) is 4.36. The topological polar surface area (TPSA) is 39.7 Å². The Bertz CT molecular complexity index is 556. The summed E-state index contributed by atoms with van der Waals surface area (Å²) in [5.41, 5.74) is 0. The highest BCUT2D eigenvalue weighted by atomic mass is 79.9. The number of hydrogen-bond acceptors (Lipinski definition) is 3. The molecule has 0 atom stereocenters. The average molecular weight is 441 g/mol. The van der Waals surface area contributed by atoms with Gasteiger partial charge in [-0.25, -0.2) is 0 Å². The highest BCUT2D eigenvalue weighted by Crippen LogP contribution is 2.27. The molecule has 1 heterocycles. The van der Waals surface area contributed by atoms with Crippen molar-refractivity contribution in [3.63, 3.8) is 0 Å². The van der Waals surface area contributed by atoms with Gasteiger partial charge in [0.2, 0.25) is 0 Å². The van der Waals surface area contributed by atoms with E-state index >= 15 is 0 Å². The van der Waals surface area contributed by atoms with Gasteiger partial charge in [-0.05, 0) is 73.3 Å². The molecule has 2 rings (SSSR count). The number of guanidine groups is 1. The van der Waals surface area contributed by atoms with E-state index in [1.807, 2.05) is 18.8 Å². The summed E-state index contributed by atoms with van der Waals surface area (Å²) in [4.78, 5) is 8.26. The van der Waals surface area contributed by atoms with Gasteiger partial charge in [-0.15, -0.1) is 11.8 Å². The van der Waals surface area contributed by atoms with Crippen LogP contribution in [0.3, 0.4) is 0 Å². The molecule has 0 spiro atoms. The van der Waals surface area contributed by atoms with E-state index in [2.05, 4.69) is 74.6 Å². The molecular weight excluding hydrogens is 408 g/mol. The molecule has 146 valence electrons. The van der Waals surface area contributed by atoms with Gasteiger partial charge in [-0.3, -0.25) is 4.99 Å². The third kappa shape index (κ3) is 7.49. The van der Waals surface area contributed by atoms with Gasteiger partial charge in [0.15, 0.2) is 5.96 Å². The number of likely N-dealkylation sites (tertiary alicyclic amines) is 1. The molecule has 1 aromatic carbocycles. The van der Waals surface area contributed by atoms with Gasteiger partial charge >= 0.3 is 0 Å². The van der Waals surface area contributed by atoms with Crippen LogP contribution in [0.25, 0.3) is 0 Å². The van der Waals surface area contributed by atoms with Crippen LogP contribution in [-0.2, 0) is 0 Å². The fourth-order valence-electron chi connectivity index (χ4n) is 3.13. The maximum atomic E-state index is 4.38. The van der Waals surface area contributed by atoms with Crippen molar-refractivity contribution in [3.8, 4) is 0 Å². The Morgan fingerprint density at radius 3 is 2.65 bits per heavy atom. The summed E-state index contributed by atoms with van der Waals surface area (Å²) >= 11 is 5.52. The van der Waals surface area contributed by atoms with Gasteiger partial charge in [-0.1, -0.05) is 12.1 Å². The van der Waals surface area contributed by atoms with E-state index in [4.69, 9.17) is 0 Å². The second kappa shape index (κ2) is 11.9. The molecule has 0 aliphatic carbocycles. The molecule has 1 fully saturated rings. The minimum atomic E-state index is 0.544. The van der Waals surface area contributed by atoms with E-state index < -0.39 is 0 Å². The van der Waals surface area contributed by atoms with E-state index in [1.54, 1.807) is 0 Å². The molecule has 1 aromatic rings. The fourth-order valence-corrected chi connectivity index (χ4v) is 4.70. The third-order valence-electron chi connectivity index (χ3n) is 4.78. The summed E-state index contributed by atoms with van der Waals surface area (Å²) in [5.74, 6) is 2.09. The van der Waals surface area contributed by atoms with E-state index in [9.17, 15) is 0 Å². The Labute approximate surface area is 171 Å². The molecule has 0 amide bonds. The zero-order chi connectivity index (χ0) is 18.8. The molecule has 26 heavy (non-hydrogen) atoms. The normalized spacial score (nSPS) is 16.9. The average Bonchev–Trinajstić information content (AvgIpc) is 2.65. The Morgan fingerprint density at radius 2 is 2.00 bits per heavy atom. The first kappa shape index (κ1) is 21.6. The van der Waals surface area contributed by atoms with Gasteiger partial charge in [0.25, 0.3) is 0 Å². The molecule has 1 saturated heterocycles. The van der Waals surface area contributed by atoms with E-state index in [-0.39, 0.29) is 0 Å². The Hall–Kier alpha value is -0.720. The van der Waals surface area contributed by atoms with Crippen molar-refractivity contribution in [2.75, 3.05) is 32.4 Å². The SMILES string of the molecule is CN=C(NCCCCSc1ccccc1Br)NC1CCN(C(C)C)CC1. The number of benzene rings is 1. The van der Waals surface area contributed by atoms with E-state index in [0.717, 1.165) is 24.7 Å². The van der Waals surface area contributed by atoms with Crippen molar-refractivity contribution < 1.29 is 0 Å². The van der Waals surface area contributed by atoms with E-state index in [1.165, 1.54) is 41.7 Å². The lowest BCUT2D eigenvalue weighted by Gasteiger charge is -2.35. The number of thioether (sulfide) groups is 1. The maximum absolute atomic E-state index is 4.38. The number of nitrogens with one attached hydrogen (secondary N) is 2. The Morgan fingerprint density at radius 1 is 1.27 bits per heavy atom. The first-order chi connectivity index (χ1) is 12.6. The summed E-state index contributed by atoms with van der Waals surface area (Å²) in [7, 11) is 1.86. The zero-order valence-corrected chi connectivity index (χ0v) is 18.7. The molecule has 2 N–H and O–H groups in total. The van der Waals surface area contributed by atoms with E-state index in [0.29, 0.717) is 12.1 Å². The lowest BCUT2D eigenvalue weighted by Crippen LogP contribution is -2.49. The fraction of sp³-hybridized carbons (Fsp3) is 0.650.